The van der Waals surface area contributed by atoms with Crippen molar-refractivity contribution in [2.75, 3.05) is 11.9 Å². The molecule has 14 heteroatoms. The van der Waals surface area contributed by atoms with Gasteiger partial charge in [-0.15, -0.1) is 0 Å². The lowest BCUT2D eigenvalue weighted by molar-refractivity contribution is 0.00578. The monoisotopic (exact) mass is 554 g/mol. The summed E-state index contributed by atoms with van der Waals surface area (Å²) in [6.45, 7) is 11.8. The maximum Gasteiger partial charge on any atom is 0.492 e. The number of amides is 1. The average molecular weight is 554 g/mol. The second-order valence-corrected chi connectivity index (χ2v) is 10.8. The molecule has 0 atom stereocenters. The highest BCUT2D eigenvalue weighted by Gasteiger charge is 2.52. The Balaban J connectivity index is 1.57. The molecule has 0 unspecified atom stereocenters. The van der Waals surface area contributed by atoms with E-state index in [0.717, 1.165) is 11.8 Å². The smallest absolute Gasteiger partial charge is 0.400 e. The van der Waals surface area contributed by atoms with Crippen molar-refractivity contribution in [3.63, 3.8) is 0 Å². The Hall–Kier alpha value is -3.91. The first-order valence-electron chi connectivity index (χ1n) is 12.8. The Labute approximate surface area is 231 Å². The van der Waals surface area contributed by atoms with E-state index in [1.165, 1.54) is 21.8 Å². The molecule has 0 aliphatic carbocycles. The van der Waals surface area contributed by atoms with Gasteiger partial charge in [-0.2, -0.15) is 5.10 Å². The van der Waals surface area contributed by atoms with E-state index >= 15 is 0 Å². The topological polar surface area (TPSA) is 141 Å². The van der Waals surface area contributed by atoms with Crippen molar-refractivity contribution in [1.82, 2.24) is 25.0 Å². The summed E-state index contributed by atoms with van der Waals surface area (Å²) in [6.07, 6.45) is 2.59. The molecule has 1 amide bonds. The number of pyridine rings is 1. The zero-order valence-corrected chi connectivity index (χ0v) is 23.3. The number of anilines is 1. The van der Waals surface area contributed by atoms with Crippen molar-refractivity contribution in [2.45, 2.75) is 65.2 Å². The minimum Gasteiger partial charge on any atom is -0.400 e. The van der Waals surface area contributed by atoms with E-state index in [4.69, 9.17) is 20.1 Å². The lowest BCUT2D eigenvalue weighted by atomic mass is 9.77. The second-order valence-electron chi connectivity index (χ2n) is 10.8. The van der Waals surface area contributed by atoms with Crippen LogP contribution in [-0.2, 0) is 9.31 Å². The molecule has 2 aliphatic heterocycles. The van der Waals surface area contributed by atoms with Gasteiger partial charge in [0.05, 0.1) is 28.8 Å². The van der Waals surface area contributed by atoms with Crippen LogP contribution in [0.15, 0.2) is 42.1 Å². The first kappa shape index (κ1) is 29.1. The van der Waals surface area contributed by atoms with Gasteiger partial charge in [0.1, 0.15) is 17.2 Å². The van der Waals surface area contributed by atoms with E-state index in [1.807, 2.05) is 41.5 Å². The van der Waals surface area contributed by atoms with E-state index in [-0.39, 0.29) is 29.0 Å². The van der Waals surface area contributed by atoms with Crippen molar-refractivity contribution >= 4 is 36.7 Å². The van der Waals surface area contributed by atoms with E-state index in [2.05, 4.69) is 20.7 Å². The third kappa shape index (κ3) is 5.68. The average Bonchev–Trinajstić information content (AvgIpc) is 3.43. The lowest BCUT2D eigenvalue weighted by Gasteiger charge is -2.32. The van der Waals surface area contributed by atoms with Gasteiger partial charge in [-0.05, 0) is 65.2 Å². The first-order valence-corrected chi connectivity index (χ1v) is 12.8. The Bertz CT molecular complexity index is 1370. The zero-order chi connectivity index (χ0) is 29.4. The molecule has 11 nitrogen and oxygen atoms in total. The van der Waals surface area contributed by atoms with Crippen molar-refractivity contribution in [1.29, 1.82) is 10.8 Å². The van der Waals surface area contributed by atoms with Crippen molar-refractivity contribution in [3.8, 4) is 0 Å². The minimum atomic E-state index is -3.01. The molecule has 0 radical (unpaired) electrons. The minimum absolute atomic E-state index is 0.0384. The molecule has 2 aromatic heterocycles. The molecule has 40 heavy (non-hydrogen) atoms. The van der Waals surface area contributed by atoms with Crippen LogP contribution in [0.5, 0.6) is 0 Å². The van der Waals surface area contributed by atoms with Gasteiger partial charge in [0.15, 0.2) is 5.84 Å². The van der Waals surface area contributed by atoms with Gasteiger partial charge in [0.2, 0.25) is 0 Å². The number of carbonyl (C=O) groups is 1. The molecular formula is C26H33BF2N8O3. The van der Waals surface area contributed by atoms with Crippen LogP contribution in [0, 0.1) is 10.8 Å². The number of alkyl halides is 2. The molecule has 0 bridgehead atoms. The fraction of sp³-hybridized carbons (Fsp3) is 0.423. The van der Waals surface area contributed by atoms with E-state index < -0.39 is 36.3 Å². The quantitative estimate of drug-likeness (QED) is 0.219. The van der Waals surface area contributed by atoms with Gasteiger partial charge >= 0.3 is 7.12 Å². The number of aromatic nitrogens is 3. The number of rotatable bonds is 8. The number of amidine groups is 1. The number of nitrogens with zero attached hydrogens (tertiary/aromatic N) is 4. The highest BCUT2D eigenvalue weighted by Crippen LogP contribution is 2.39. The number of nitrogens with one attached hydrogen (secondary N) is 4. The van der Waals surface area contributed by atoms with Crippen LogP contribution in [0.4, 0.5) is 14.6 Å². The molecule has 0 saturated carbocycles. The lowest BCUT2D eigenvalue weighted by Crippen LogP contribution is -2.41. The van der Waals surface area contributed by atoms with Gasteiger partial charge in [0, 0.05) is 25.0 Å². The van der Waals surface area contributed by atoms with E-state index in [9.17, 15) is 13.6 Å². The third-order valence-electron chi connectivity index (χ3n) is 7.09. The maximum atomic E-state index is 14.0. The van der Waals surface area contributed by atoms with Crippen LogP contribution < -0.4 is 10.6 Å². The van der Waals surface area contributed by atoms with Crippen molar-refractivity contribution in [3.05, 3.63) is 59.1 Å². The summed E-state index contributed by atoms with van der Waals surface area (Å²) in [7, 11) is -0.634. The Kier molecular flexibility index (Phi) is 7.95. The number of dihydropyridines is 1. The number of allylic oxidation sites excluding steroid dienone is 2. The van der Waals surface area contributed by atoms with Gasteiger partial charge in [-0.3, -0.25) is 15.6 Å². The fourth-order valence-corrected chi connectivity index (χ4v) is 4.11. The largest absolute Gasteiger partial charge is 0.492 e. The molecule has 4 heterocycles. The summed E-state index contributed by atoms with van der Waals surface area (Å²) in [5.41, 5.74) is -0.720. The summed E-state index contributed by atoms with van der Waals surface area (Å²) in [5, 5.41) is 25.5. The van der Waals surface area contributed by atoms with E-state index in [1.54, 1.807) is 24.4 Å². The molecule has 212 valence electrons. The summed E-state index contributed by atoms with van der Waals surface area (Å²) >= 11 is 0. The summed E-state index contributed by atoms with van der Waals surface area (Å²) in [4.78, 5) is 18.8. The Morgan fingerprint density at radius 3 is 2.52 bits per heavy atom. The van der Waals surface area contributed by atoms with E-state index in [0.29, 0.717) is 12.2 Å². The SMILES string of the molecule is CC(C)N(C=N)C(=N)c1cccc(NC(=O)c2cn(C3=CNCC(B4OC(C)(C)C(C)(C)O4)=C3)nc2C(F)F)n1. The first-order chi connectivity index (χ1) is 18.7. The number of hydrogen-bond donors (Lipinski definition) is 4. The molecule has 4 N–H and O–H groups in total. The predicted octanol–water partition coefficient (Wildman–Crippen LogP) is 4.07. The maximum absolute atomic E-state index is 14.0. The second kappa shape index (κ2) is 10.9. The summed E-state index contributed by atoms with van der Waals surface area (Å²) < 4.78 is 41.3. The highest BCUT2D eigenvalue weighted by molar-refractivity contribution is 6.55. The zero-order valence-electron chi connectivity index (χ0n) is 23.3. The molecule has 2 aliphatic rings. The summed E-state index contributed by atoms with van der Waals surface area (Å²) in [6, 6.07) is 4.46. The Morgan fingerprint density at radius 2 is 1.93 bits per heavy atom. The van der Waals surface area contributed by atoms with Crippen molar-refractivity contribution in [2.24, 2.45) is 0 Å². The molecule has 2 aromatic rings. The fourth-order valence-electron chi connectivity index (χ4n) is 4.11. The molecule has 0 spiro atoms. The van der Waals surface area contributed by atoms with Gasteiger partial charge in [-0.25, -0.2) is 18.4 Å². The van der Waals surface area contributed by atoms with Crippen LogP contribution in [0.1, 0.15) is 69.7 Å². The number of hydrogen-bond acceptors (Lipinski definition) is 8. The highest BCUT2D eigenvalue weighted by atomic mass is 19.3. The summed E-state index contributed by atoms with van der Waals surface area (Å²) in [5.74, 6) is -0.802. The number of halogens is 2. The molecule has 1 saturated heterocycles. The normalized spacial score (nSPS) is 17.8. The molecule has 1 fully saturated rings. The number of carbonyl (C=O) groups excluding carboxylic acids is 1. The van der Waals surface area contributed by atoms with Crippen LogP contribution in [0.3, 0.4) is 0 Å². The van der Waals surface area contributed by atoms with Gasteiger partial charge in [0.25, 0.3) is 12.3 Å². The van der Waals surface area contributed by atoms with Crippen LogP contribution in [0.25, 0.3) is 5.70 Å². The van der Waals surface area contributed by atoms with Crippen LogP contribution in [0.2, 0.25) is 0 Å². The van der Waals surface area contributed by atoms with Crippen molar-refractivity contribution < 1.29 is 22.9 Å². The molecule has 0 aromatic carbocycles. The third-order valence-corrected chi connectivity index (χ3v) is 7.09. The van der Waals surface area contributed by atoms with Gasteiger partial charge in [-0.1, -0.05) is 6.07 Å². The standard InChI is InChI=1S/C26H33BF2N8O3/c1-15(2)36(14-30)23(31)19-8-7-9-20(33-19)34-24(38)18-13-37(35-21(18)22(28)29)17-10-16(11-32-12-17)27-39-25(3,4)26(5,6)40-27/h7-10,12-15,22,30-32H,11H2,1-6H3,(H,33,34,38). The van der Waals surface area contributed by atoms with Crippen LogP contribution in [-0.4, -0.2) is 68.7 Å². The van der Waals surface area contributed by atoms with Crippen LogP contribution >= 0.6 is 0 Å². The predicted molar refractivity (Wildman–Crippen MR) is 148 cm³/mol. The Morgan fingerprint density at radius 1 is 1.25 bits per heavy atom. The molecule has 4 rings (SSSR count). The molecular weight excluding hydrogens is 521 g/mol. The van der Waals surface area contributed by atoms with Gasteiger partial charge < -0.3 is 24.8 Å².